The number of benzene rings is 1. The molecule has 30 heavy (non-hydrogen) atoms. The zero-order valence-electron chi connectivity index (χ0n) is 17.1. The lowest BCUT2D eigenvalue weighted by Crippen LogP contribution is -2.48. The van der Waals surface area contributed by atoms with E-state index in [4.69, 9.17) is 0 Å². The molecule has 4 rings (SSSR count). The van der Waals surface area contributed by atoms with Gasteiger partial charge in [0.25, 0.3) is 0 Å². The first-order valence-corrected chi connectivity index (χ1v) is 11.1. The number of hydrogen-bond acceptors (Lipinski definition) is 5. The Labute approximate surface area is 180 Å². The van der Waals surface area contributed by atoms with E-state index in [-0.39, 0.29) is 29.6 Å². The normalized spacial score (nSPS) is 21.6. The molecule has 1 N–H and O–H groups in total. The molecule has 0 spiro atoms. The van der Waals surface area contributed by atoms with Gasteiger partial charge in [-0.3, -0.25) is 19.3 Å². The molecule has 156 valence electrons. The van der Waals surface area contributed by atoms with Crippen LogP contribution in [0.5, 0.6) is 0 Å². The summed E-state index contributed by atoms with van der Waals surface area (Å²) in [6.07, 6.45) is 5.72. The molecule has 1 aromatic carbocycles. The second-order valence-corrected chi connectivity index (χ2v) is 8.93. The summed E-state index contributed by atoms with van der Waals surface area (Å²) in [6, 6.07) is 7.35. The van der Waals surface area contributed by atoms with Crippen molar-refractivity contribution in [3.8, 4) is 11.3 Å². The van der Waals surface area contributed by atoms with Crippen LogP contribution in [0.4, 0.5) is 0 Å². The maximum Gasteiger partial charge on any atom is 0.243 e. The molecule has 0 radical (unpaired) electrons. The number of likely N-dealkylation sites (tertiary alicyclic amines) is 1. The molecule has 7 heteroatoms. The number of imide groups is 1. The van der Waals surface area contributed by atoms with Gasteiger partial charge in [0, 0.05) is 17.5 Å². The molecular formula is C23H25N3O3S. The van der Waals surface area contributed by atoms with Gasteiger partial charge >= 0.3 is 0 Å². The van der Waals surface area contributed by atoms with Crippen LogP contribution in [0.15, 0.2) is 41.8 Å². The van der Waals surface area contributed by atoms with Crippen LogP contribution < -0.4 is 5.32 Å². The minimum Gasteiger partial charge on any atom is -0.354 e. The van der Waals surface area contributed by atoms with E-state index in [1.165, 1.54) is 4.90 Å². The van der Waals surface area contributed by atoms with Gasteiger partial charge in [0.2, 0.25) is 17.7 Å². The predicted molar refractivity (Wildman–Crippen MR) is 116 cm³/mol. The Morgan fingerprint density at radius 1 is 1.17 bits per heavy atom. The predicted octanol–water partition coefficient (Wildman–Crippen LogP) is 3.12. The largest absolute Gasteiger partial charge is 0.354 e. The van der Waals surface area contributed by atoms with Crippen molar-refractivity contribution >= 4 is 29.1 Å². The van der Waals surface area contributed by atoms with Crippen molar-refractivity contribution in [2.75, 3.05) is 6.54 Å². The van der Waals surface area contributed by atoms with E-state index in [2.05, 4.69) is 10.3 Å². The van der Waals surface area contributed by atoms with Gasteiger partial charge in [-0.1, -0.05) is 36.4 Å². The molecule has 1 saturated heterocycles. The summed E-state index contributed by atoms with van der Waals surface area (Å²) >= 11 is 1.63. The van der Waals surface area contributed by atoms with E-state index in [9.17, 15) is 14.4 Å². The third-order valence-electron chi connectivity index (χ3n) is 5.89. The van der Waals surface area contributed by atoms with Gasteiger partial charge in [0.05, 0.1) is 22.5 Å². The van der Waals surface area contributed by atoms with Gasteiger partial charge in [-0.25, -0.2) is 4.98 Å². The molecule has 2 aromatic rings. The number of rotatable bonds is 6. The molecule has 3 atom stereocenters. The third-order valence-corrected chi connectivity index (χ3v) is 6.66. The lowest BCUT2D eigenvalue weighted by molar-refractivity contribution is -0.147. The zero-order valence-corrected chi connectivity index (χ0v) is 17.9. The van der Waals surface area contributed by atoms with Crippen molar-refractivity contribution in [3.05, 3.63) is 52.4 Å². The fourth-order valence-electron chi connectivity index (χ4n) is 4.14. The smallest absolute Gasteiger partial charge is 0.243 e. The molecular weight excluding hydrogens is 398 g/mol. The monoisotopic (exact) mass is 423 g/mol. The highest BCUT2D eigenvalue weighted by atomic mass is 32.1. The van der Waals surface area contributed by atoms with Crippen molar-refractivity contribution in [2.45, 2.75) is 39.2 Å². The fraction of sp³-hybridized carbons (Fsp3) is 0.391. The Kier molecular flexibility index (Phi) is 5.81. The number of fused-ring (bicyclic) bond motifs is 1. The molecule has 0 bridgehead atoms. The molecule has 1 fully saturated rings. The first-order chi connectivity index (χ1) is 14.5. The van der Waals surface area contributed by atoms with Crippen molar-refractivity contribution in [2.24, 2.45) is 11.8 Å². The highest BCUT2D eigenvalue weighted by molar-refractivity contribution is 7.09. The van der Waals surface area contributed by atoms with Crippen LogP contribution in [0.1, 0.15) is 30.3 Å². The quantitative estimate of drug-likeness (QED) is 0.572. The summed E-state index contributed by atoms with van der Waals surface area (Å²) in [7, 11) is 0. The maximum absolute atomic E-state index is 12.6. The Bertz CT molecular complexity index is 969. The minimum absolute atomic E-state index is 0.218. The van der Waals surface area contributed by atoms with E-state index >= 15 is 0 Å². The average molecular weight is 424 g/mol. The summed E-state index contributed by atoms with van der Waals surface area (Å²) in [4.78, 5) is 43.5. The van der Waals surface area contributed by atoms with Crippen LogP contribution in [0.25, 0.3) is 11.3 Å². The second kappa shape index (κ2) is 8.52. The van der Waals surface area contributed by atoms with Crippen molar-refractivity contribution in [3.63, 3.8) is 0 Å². The van der Waals surface area contributed by atoms with Crippen LogP contribution in [-0.2, 0) is 20.8 Å². The van der Waals surface area contributed by atoms with E-state index in [0.717, 1.165) is 21.8 Å². The Morgan fingerprint density at radius 3 is 2.37 bits per heavy atom. The molecule has 1 aromatic heterocycles. The first kappa shape index (κ1) is 20.5. The van der Waals surface area contributed by atoms with Crippen molar-refractivity contribution < 1.29 is 14.4 Å². The molecule has 0 saturated carbocycles. The van der Waals surface area contributed by atoms with Crippen LogP contribution in [0.3, 0.4) is 0 Å². The Hall–Kier alpha value is -2.80. The Balaban J connectivity index is 1.30. The van der Waals surface area contributed by atoms with Crippen LogP contribution in [0.2, 0.25) is 0 Å². The highest BCUT2D eigenvalue weighted by Crippen LogP contribution is 2.36. The number of nitrogens with one attached hydrogen (secondary N) is 1. The summed E-state index contributed by atoms with van der Waals surface area (Å²) < 4.78 is 0. The average Bonchev–Trinajstić information content (AvgIpc) is 3.30. The molecule has 2 heterocycles. The van der Waals surface area contributed by atoms with Crippen molar-refractivity contribution in [1.82, 2.24) is 15.2 Å². The van der Waals surface area contributed by atoms with Crippen LogP contribution in [-0.4, -0.2) is 40.2 Å². The number of carbonyl (C=O) groups excluding carboxylic acids is 3. The standard InChI is InChI=1S/C23H25N3O3S/c1-14(26-22(28)18-5-3-4-6-19(18)23(26)29)21(27)24-12-11-16-7-9-17(10-8-16)20-13-30-15(2)25-20/h3-4,7-10,13-14,18-19H,5-6,11-12H2,1-2H3,(H,24,27)/t14-,18-,19-/m0/s1. The first-order valence-electron chi connectivity index (χ1n) is 10.3. The lowest BCUT2D eigenvalue weighted by atomic mass is 9.85. The van der Waals surface area contributed by atoms with Crippen LogP contribution in [0, 0.1) is 18.8 Å². The lowest BCUT2D eigenvalue weighted by Gasteiger charge is -2.22. The SMILES string of the molecule is Cc1nc(-c2ccc(CCNC(=O)[C@H](C)N3C(=O)[C@H]4CC=CC[C@@H]4C3=O)cc2)cs1. The number of hydrogen-bond donors (Lipinski definition) is 1. The van der Waals surface area contributed by atoms with Crippen LogP contribution >= 0.6 is 11.3 Å². The number of amides is 3. The minimum atomic E-state index is -0.786. The number of aryl methyl sites for hydroxylation is 1. The summed E-state index contributed by atoms with van der Waals surface area (Å²) in [5, 5.41) is 5.95. The molecule has 2 aliphatic rings. The van der Waals surface area contributed by atoms with E-state index in [1.54, 1.807) is 18.3 Å². The topological polar surface area (TPSA) is 79.4 Å². The van der Waals surface area contributed by atoms with Gasteiger partial charge in [-0.2, -0.15) is 0 Å². The third kappa shape index (κ3) is 3.94. The molecule has 0 unspecified atom stereocenters. The number of nitrogens with zero attached hydrogens (tertiary/aromatic N) is 2. The van der Waals surface area contributed by atoms with Gasteiger partial charge in [-0.05, 0) is 38.7 Å². The molecule has 1 aliphatic carbocycles. The van der Waals surface area contributed by atoms with Gasteiger partial charge in [0.1, 0.15) is 6.04 Å². The van der Waals surface area contributed by atoms with Gasteiger partial charge < -0.3 is 5.32 Å². The van der Waals surface area contributed by atoms with E-state index in [1.807, 2.05) is 48.7 Å². The number of thiazole rings is 1. The summed E-state index contributed by atoms with van der Waals surface area (Å²) in [5.41, 5.74) is 3.15. The van der Waals surface area contributed by atoms with E-state index in [0.29, 0.717) is 25.8 Å². The number of aromatic nitrogens is 1. The summed E-state index contributed by atoms with van der Waals surface area (Å²) in [6.45, 7) is 4.06. The molecule has 6 nitrogen and oxygen atoms in total. The maximum atomic E-state index is 12.6. The second-order valence-electron chi connectivity index (χ2n) is 7.87. The molecule has 3 amide bonds. The fourth-order valence-corrected chi connectivity index (χ4v) is 4.76. The van der Waals surface area contributed by atoms with Gasteiger partial charge in [0.15, 0.2) is 0 Å². The zero-order chi connectivity index (χ0) is 21.3. The van der Waals surface area contributed by atoms with Gasteiger partial charge in [-0.15, -0.1) is 11.3 Å². The number of carbonyl (C=O) groups is 3. The Morgan fingerprint density at radius 2 is 1.80 bits per heavy atom. The highest BCUT2D eigenvalue weighted by Gasteiger charge is 2.49. The van der Waals surface area contributed by atoms with Crippen molar-refractivity contribution in [1.29, 1.82) is 0 Å². The summed E-state index contributed by atoms with van der Waals surface area (Å²) in [5.74, 6) is -1.34. The molecule has 1 aliphatic heterocycles. The number of allylic oxidation sites excluding steroid dienone is 2. The van der Waals surface area contributed by atoms with E-state index < -0.39 is 6.04 Å².